The highest BCUT2D eigenvalue weighted by atomic mass is 79.9. The first-order chi connectivity index (χ1) is 10.0. The van der Waals surface area contributed by atoms with Crippen molar-refractivity contribution in [2.45, 2.75) is 24.4 Å². The van der Waals surface area contributed by atoms with Crippen molar-refractivity contribution in [3.63, 3.8) is 0 Å². The third-order valence-corrected chi connectivity index (χ3v) is 6.32. The molecular weight excluding hydrogens is 356 g/mol. The quantitative estimate of drug-likeness (QED) is 0.898. The van der Waals surface area contributed by atoms with Gasteiger partial charge in [-0.2, -0.15) is 4.31 Å². The minimum absolute atomic E-state index is 0.141. The van der Waals surface area contributed by atoms with E-state index in [-0.39, 0.29) is 16.1 Å². The maximum Gasteiger partial charge on any atom is 0.247 e. The molecule has 7 heteroatoms. The Morgan fingerprint density at radius 2 is 2.00 bits per heavy atom. The van der Waals surface area contributed by atoms with E-state index in [1.807, 2.05) is 24.3 Å². The first-order valence-electron chi connectivity index (χ1n) is 6.57. The lowest BCUT2D eigenvalue weighted by molar-refractivity contribution is 0.389. The maximum absolute atomic E-state index is 12.7. The Morgan fingerprint density at radius 3 is 2.67 bits per heavy atom. The lowest BCUT2D eigenvalue weighted by atomic mass is 10.0. The van der Waals surface area contributed by atoms with Gasteiger partial charge in [0.15, 0.2) is 4.67 Å². The fraction of sp³-hybridized carbons (Fsp3) is 0.286. The third kappa shape index (κ3) is 2.66. The number of hydrogen-bond acceptors (Lipinski definition) is 4. The summed E-state index contributed by atoms with van der Waals surface area (Å²) in [5, 5.41) is 0. The van der Waals surface area contributed by atoms with Gasteiger partial charge in [0.25, 0.3) is 0 Å². The van der Waals surface area contributed by atoms with Crippen molar-refractivity contribution in [2.24, 2.45) is 5.73 Å². The molecule has 0 saturated carbocycles. The SMILES string of the molecule is NCc1cc(S(=O)(=O)N2CCc3ccccc3C2)c(Br)o1. The lowest BCUT2D eigenvalue weighted by Crippen LogP contribution is -2.35. The maximum atomic E-state index is 12.7. The van der Waals surface area contributed by atoms with E-state index in [2.05, 4.69) is 15.9 Å². The second-order valence-corrected chi connectivity index (χ2v) is 7.54. The Balaban J connectivity index is 1.95. The predicted molar refractivity (Wildman–Crippen MR) is 82.0 cm³/mol. The fourth-order valence-corrected chi connectivity index (χ4v) is 4.87. The average Bonchev–Trinajstić information content (AvgIpc) is 2.88. The van der Waals surface area contributed by atoms with E-state index in [9.17, 15) is 8.42 Å². The Kier molecular flexibility index (Phi) is 3.92. The van der Waals surface area contributed by atoms with Crippen LogP contribution in [0.15, 0.2) is 44.3 Å². The zero-order valence-electron chi connectivity index (χ0n) is 11.3. The molecule has 0 unspecified atom stereocenters. The van der Waals surface area contributed by atoms with E-state index in [0.717, 1.165) is 5.56 Å². The molecule has 0 radical (unpaired) electrons. The normalized spacial score (nSPS) is 15.9. The van der Waals surface area contributed by atoms with Gasteiger partial charge in [0, 0.05) is 19.2 Å². The third-order valence-electron chi connectivity index (χ3n) is 3.62. The van der Waals surface area contributed by atoms with Crippen molar-refractivity contribution >= 4 is 26.0 Å². The van der Waals surface area contributed by atoms with Crippen LogP contribution < -0.4 is 5.73 Å². The monoisotopic (exact) mass is 370 g/mol. The van der Waals surface area contributed by atoms with Crippen molar-refractivity contribution in [1.29, 1.82) is 0 Å². The Hall–Kier alpha value is -1.15. The summed E-state index contributed by atoms with van der Waals surface area (Å²) in [6.07, 6.45) is 0.717. The summed E-state index contributed by atoms with van der Waals surface area (Å²) >= 11 is 3.16. The predicted octanol–water partition coefficient (Wildman–Crippen LogP) is 2.25. The van der Waals surface area contributed by atoms with Crippen LogP contribution in [0.25, 0.3) is 0 Å². The van der Waals surface area contributed by atoms with Gasteiger partial charge in [-0.3, -0.25) is 0 Å². The number of fused-ring (bicyclic) bond motifs is 1. The van der Waals surface area contributed by atoms with Gasteiger partial charge in [-0.1, -0.05) is 24.3 Å². The molecule has 1 aliphatic rings. The van der Waals surface area contributed by atoms with E-state index in [4.69, 9.17) is 10.2 Å². The zero-order valence-corrected chi connectivity index (χ0v) is 13.7. The van der Waals surface area contributed by atoms with E-state index < -0.39 is 10.0 Å². The van der Waals surface area contributed by atoms with Crippen LogP contribution in [0.5, 0.6) is 0 Å². The molecule has 1 aromatic carbocycles. The van der Waals surface area contributed by atoms with Crippen LogP contribution in [0, 0.1) is 0 Å². The van der Waals surface area contributed by atoms with Gasteiger partial charge in [-0.25, -0.2) is 8.42 Å². The van der Waals surface area contributed by atoms with E-state index in [0.29, 0.717) is 25.3 Å². The number of hydrogen-bond donors (Lipinski definition) is 1. The number of nitrogens with zero attached hydrogens (tertiary/aromatic N) is 1. The second-order valence-electron chi connectivity index (χ2n) is 4.91. The molecule has 2 aromatic rings. The zero-order chi connectivity index (χ0) is 15.0. The van der Waals surface area contributed by atoms with E-state index >= 15 is 0 Å². The van der Waals surface area contributed by atoms with Crippen molar-refractivity contribution in [1.82, 2.24) is 4.31 Å². The lowest BCUT2D eigenvalue weighted by Gasteiger charge is -2.27. The van der Waals surface area contributed by atoms with Crippen LogP contribution in [0.3, 0.4) is 0 Å². The van der Waals surface area contributed by atoms with Crippen LogP contribution in [-0.4, -0.2) is 19.3 Å². The van der Waals surface area contributed by atoms with Gasteiger partial charge in [-0.05, 0) is 33.5 Å². The summed E-state index contributed by atoms with van der Waals surface area (Å²) in [5.74, 6) is 0.442. The first-order valence-corrected chi connectivity index (χ1v) is 8.81. The van der Waals surface area contributed by atoms with Gasteiger partial charge in [0.2, 0.25) is 10.0 Å². The molecular formula is C14H15BrN2O3S. The molecule has 112 valence electrons. The molecule has 2 N–H and O–H groups in total. The number of sulfonamides is 1. The van der Waals surface area contributed by atoms with Crippen LogP contribution >= 0.6 is 15.9 Å². The topological polar surface area (TPSA) is 76.5 Å². The summed E-state index contributed by atoms with van der Waals surface area (Å²) in [6.45, 7) is 1.01. The Bertz CT molecular complexity index is 770. The number of rotatable bonds is 3. The summed E-state index contributed by atoms with van der Waals surface area (Å²) in [7, 11) is -3.59. The number of furan rings is 1. The number of nitrogens with two attached hydrogens (primary N) is 1. The Morgan fingerprint density at radius 1 is 1.29 bits per heavy atom. The summed E-state index contributed by atoms with van der Waals surface area (Å²) in [4.78, 5) is 0.141. The van der Waals surface area contributed by atoms with Gasteiger partial charge < -0.3 is 10.2 Å². The average molecular weight is 371 g/mol. The summed E-state index contributed by atoms with van der Waals surface area (Å²) in [6, 6.07) is 9.39. The first kappa shape index (κ1) is 14.8. The van der Waals surface area contributed by atoms with Gasteiger partial charge in [0.05, 0.1) is 6.54 Å². The van der Waals surface area contributed by atoms with Gasteiger partial charge >= 0.3 is 0 Å². The summed E-state index contributed by atoms with van der Waals surface area (Å²) in [5.41, 5.74) is 7.75. The molecule has 1 aliphatic heterocycles. The largest absolute Gasteiger partial charge is 0.452 e. The molecule has 1 aromatic heterocycles. The second kappa shape index (κ2) is 5.57. The molecule has 5 nitrogen and oxygen atoms in total. The molecule has 0 spiro atoms. The minimum atomic E-state index is -3.59. The standard InChI is InChI=1S/C14H15BrN2O3S/c15-14-13(7-12(8-16)20-14)21(18,19)17-6-5-10-3-1-2-4-11(10)9-17/h1-4,7H,5-6,8-9,16H2. The number of halogens is 1. The summed E-state index contributed by atoms with van der Waals surface area (Å²) < 4.78 is 32.5. The van der Waals surface area contributed by atoms with Crippen molar-refractivity contribution < 1.29 is 12.8 Å². The smallest absolute Gasteiger partial charge is 0.247 e. The van der Waals surface area contributed by atoms with Crippen LogP contribution in [0.4, 0.5) is 0 Å². The number of benzene rings is 1. The molecule has 21 heavy (non-hydrogen) atoms. The van der Waals surface area contributed by atoms with Gasteiger partial charge in [-0.15, -0.1) is 0 Å². The fourth-order valence-electron chi connectivity index (χ4n) is 2.49. The molecule has 0 amide bonds. The highest BCUT2D eigenvalue weighted by molar-refractivity contribution is 9.10. The molecule has 0 atom stereocenters. The molecule has 2 heterocycles. The van der Waals surface area contributed by atoms with Gasteiger partial charge in [0.1, 0.15) is 10.7 Å². The highest BCUT2D eigenvalue weighted by Crippen LogP contribution is 2.31. The van der Waals surface area contributed by atoms with Crippen molar-refractivity contribution in [3.8, 4) is 0 Å². The van der Waals surface area contributed by atoms with Crippen LogP contribution in [0.2, 0.25) is 0 Å². The van der Waals surface area contributed by atoms with Crippen molar-refractivity contribution in [2.75, 3.05) is 6.54 Å². The van der Waals surface area contributed by atoms with Crippen LogP contribution in [0.1, 0.15) is 16.9 Å². The highest BCUT2D eigenvalue weighted by Gasteiger charge is 2.31. The molecule has 3 rings (SSSR count). The van der Waals surface area contributed by atoms with E-state index in [1.54, 1.807) is 0 Å². The molecule has 0 saturated heterocycles. The minimum Gasteiger partial charge on any atom is -0.452 e. The van der Waals surface area contributed by atoms with E-state index in [1.165, 1.54) is 15.9 Å². The van der Waals surface area contributed by atoms with Crippen molar-refractivity contribution in [3.05, 3.63) is 51.9 Å². The molecule has 0 bridgehead atoms. The van der Waals surface area contributed by atoms with Crippen LogP contribution in [-0.2, 0) is 29.5 Å². The molecule has 0 aliphatic carbocycles. The Labute approximate surface area is 131 Å². The molecule has 0 fully saturated rings.